The van der Waals surface area contributed by atoms with E-state index in [1.54, 1.807) is 0 Å². The molecule has 2 fully saturated rings. The second-order valence-corrected chi connectivity index (χ2v) is 11.6. The van der Waals surface area contributed by atoms with Crippen LogP contribution in [0.1, 0.15) is 44.2 Å². The Labute approximate surface area is 235 Å². The van der Waals surface area contributed by atoms with Gasteiger partial charge in [0.2, 0.25) is 12.3 Å². The maximum absolute atomic E-state index is 12.2. The third kappa shape index (κ3) is 6.74. The van der Waals surface area contributed by atoms with Gasteiger partial charge in [-0.05, 0) is 67.6 Å². The number of carbonyl (C=O) groups excluding carboxylic acids is 2. The zero-order valence-corrected chi connectivity index (χ0v) is 23.8. The molecule has 0 bridgehead atoms. The molecule has 0 unspecified atom stereocenters. The summed E-state index contributed by atoms with van der Waals surface area (Å²) >= 11 is 1.91. The highest BCUT2D eigenvalue weighted by Crippen LogP contribution is 2.31. The summed E-state index contributed by atoms with van der Waals surface area (Å²) in [7, 11) is 1.90. The largest absolute Gasteiger partial charge is 0.369 e. The number of aromatic nitrogens is 2. The van der Waals surface area contributed by atoms with E-state index < -0.39 is 0 Å². The summed E-state index contributed by atoms with van der Waals surface area (Å²) < 4.78 is 4.32. The Morgan fingerprint density at radius 2 is 1.85 bits per heavy atom. The Hall–Kier alpha value is -3.08. The SMILES string of the molecule is C[C@H](c1cccc(SN2CCCCC2)c1)N1CCN(c2ccc3c(NC(=O)CCNC=O)nn(C)c3c2)CC1. The quantitative estimate of drug-likeness (QED) is 0.224. The lowest BCUT2D eigenvalue weighted by Gasteiger charge is -2.39. The van der Waals surface area contributed by atoms with Gasteiger partial charge in [-0.25, -0.2) is 4.31 Å². The third-order valence-electron chi connectivity index (χ3n) is 7.79. The smallest absolute Gasteiger partial charge is 0.227 e. The zero-order chi connectivity index (χ0) is 27.2. The number of carbonyl (C=O) groups is 2. The van der Waals surface area contributed by atoms with Crippen molar-refractivity contribution in [3.05, 3.63) is 48.0 Å². The molecule has 3 heterocycles. The maximum atomic E-state index is 12.2. The van der Waals surface area contributed by atoms with Crippen LogP contribution in [0.3, 0.4) is 0 Å². The van der Waals surface area contributed by atoms with Gasteiger partial charge in [0.15, 0.2) is 5.82 Å². The number of hydrogen-bond acceptors (Lipinski definition) is 7. The van der Waals surface area contributed by atoms with Crippen LogP contribution in [-0.2, 0) is 16.6 Å². The lowest BCUT2D eigenvalue weighted by atomic mass is 10.1. The van der Waals surface area contributed by atoms with E-state index in [0.717, 1.165) is 37.1 Å². The van der Waals surface area contributed by atoms with Crippen LogP contribution in [0.5, 0.6) is 0 Å². The number of benzene rings is 2. The molecule has 2 aliphatic rings. The molecule has 3 aromatic rings. The van der Waals surface area contributed by atoms with Crippen molar-refractivity contribution in [2.24, 2.45) is 7.05 Å². The third-order valence-corrected chi connectivity index (χ3v) is 8.88. The van der Waals surface area contributed by atoms with E-state index in [4.69, 9.17) is 0 Å². The van der Waals surface area contributed by atoms with Gasteiger partial charge in [0.25, 0.3) is 0 Å². The van der Waals surface area contributed by atoms with Gasteiger partial charge in [0.1, 0.15) is 0 Å². The average Bonchev–Trinajstić information content (AvgIpc) is 3.27. The molecule has 10 heteroatoms. The molecule has 0 aliphatic carbocycles. The number of fused-ring (bicyclic) bond motifs is 1. The molecule has 5 rings (SSSR count). The van der Waals surface area contributed by atoms with Crippen molar-refractivity contribution < 1.29 is 9.59 Å². The van der Waals surface area contributed by atoms with E-state index in [0.29, 0.717) is 24.8 Å². The summed E-state index contributed by atoms with van der Waals surface area (Å²) in [6.45, 7) is 8.94. The van der Waals surface area contributed by atoms with Gasteiger partial charge in [-0.15, -0.1) is 0 Å². The molecule has 2 aliphatic heterocycles. The Balaban J connectivity index is 1.19. The van der Waals surface area contributed by atoms with Crippen LogP contribution < -0.4 is 15.5 Å². The first-order valence-corrected chi connectivity index (χ1v) is 14.7. The van der Waals surface area contributed by atoms with Gasteiger partial charge >= 0.3 is 0 Å². The highest BCUT2D eigenvalue weighted by Gasteiger charge is 2.23. The van der Waals surface area contributed by atoms with Crippen molar-refractivity contribution in [3.63, 3.8) is 0 Å². The number of nitrogens with zero attached hydrogens (tertiary/aromatic N) is 5. The van der Waals surface area contributed by atoms with E-state index in [1.165, 1.54) is 48.5 Å². The summed E-state index contributed by atoms with van der Waals surface area (Å²) in [4.78, 5) is 29.0. The number of aryl methyl sites for hydroxylation is 1. The standard InChI is InChI=1S/C29H39N7O2S/c1-22(23-7-6-8-25(19-23)39-36-13-4-3-5-14-36)34-15-17-35(18-16-34)24-9-10-26-27(20-24)33(2)32-29(26)31-28(38)11-12-30-21-37/h6-10,19-22H,3-5,11-18H2,1-2H3,(H,30,37)(H,31,32,38)/t22-/m1/s1. The number of piperidine rings is 1. The predicted molar refractivity (Wildman–Crippen MR) is 158 cm³/mol. The summed E-state index contributed by atoms with van der Waals surface area (Å²) in [5, 5.41) is 10.8. The fraction of sp³-hybridized carbons (Fsp3) is 0.483. The molecular weight excluding hydrogens is 510 g/mol. The number of hydrogen-bond donors (Lipinski definition) is 2. The Morgan fingerprint density at radius 1 is 1.05 bits per heavy atom. The molecule has 208 valence electrons. The molecule has 39 heavy (non-hydrogen) atoms. The number of nitrogens with one attached hydrogen (secondary N) is 2. The van der Waals surface area contributed by atoms with Gasteiger partial charge in [-0.1, -0.05) is 18.6 Å². The molecule has 0 saturated carbocycles. The molecular formula is C29H39N7O2S. The monoisotopic (exact) mass is 549 g/mol. The number of piperazine rings is 1. The van der Waals surface area contributed by atoms with Gasteiger partial charge in [0, 0.05) is 81.3 Å². The number of amides is 2. The van der Waals surface area contributed by atoms with E-state index in [1.807, 2.05) is 29.7 Å². The fourth-order valence-corrected chi connectivity index (χ4v) is 6.56. The van der Waals surface area contributed by atoms with Crippen molar-refractivity contribution in [2.75, 3.05) is 56.0 Å². The molecule has 1 atom stereocenters. The minimum atomic E-state index is -0.172. The summed E-state index contributed by atoms with van der Waals surface area (Å²) in [6.07, 6.45) is 4.77. The first kappa shape index (κ1) is 27.5. The van der Waals surface area contributed by atoms with Crippen molar-refractivity contribution in [3.8, 4) is 0 Å². The lowest BCUT2D eigenvalue weighted by Crippen LogP contribution is -2.47. The van der Waals surface area contributed by atoms with Crippen molar-refractivity contribution >= 4 is 46.7 Å². The molecule has 0 spiro atoms. The molecule has 9 nitrogen and oxygen atoms in total. The second-order valence-electron chi connectivity index (χ2n) is 10.4. The van der Waals surface area contributed by atoms with Crippen LogP contribution in [0.15, 0.2) is 47.4 Å². The van der Waals surface area contributed by atoms with E-state index in [-0.39, 0.29) is 12.3 Å². The van der Waals surface area contributed by atoms with Crippen LogP contribution in [-0.4, -0.2) is 77.1 Å². The molecule has 0 radical (unpaired) electrons. The van der Waals surface area contributed by atoms with Gasteiger partial charge in [-0.3, -0.25) is 19.2 Å². The molecule has 2 N–H and O–H groups in total. The van der Waals surface area contributed by atoms with Crippen LogP contribution in [0, 0.1) is 0 Å². The highest BCUT2D eigenvalue weighted by atomic mass is 32.2. The summed E-state index contributed by atoms with van der Waals surface area (Å²) in [5.74, 6) is 0.378. The van der Waals surface area contributed by atoms with E-state index in [2.05, 4.69) is 73.2 Å². The van der Waals surface area contributed by atoms with Gasteiger partial charge < -0.3 is 15.5 Å². The summed E-state index contributed by atoms with van der Waals surface area (Å²) in [6, 6.07) is 15.8. The zero-order valence-electron chi connectivity index (χ0n) is 22.9. The first-order valence-electron chi connectivity index (χ1n) is 14.0. The van der Waals surface area contributed by atoms with Gasteiger partial charge in [0.05, 0.1) is 5.52 Å². The minimum Gasteiger partial charge on any atom is -0.369 e. The molecule has 2 aromatic carbocycles. The lowest BCUT2D eigenvalue weighted by molar-refractivity contribution is -0.116. The average molecular weight is 550 g/mol. The molecule has 2 saturated heterocycles. The Kier molecular flexibility index (Phi) is 9.06. The van der Waals surface area contributed by atoms with Crippen LogP contribution in [0.2, 0.25) is 0 Å². The van der Waals surface area contributed by atoms with Crippen LogP contribution >= 0.6 is 11.9 Å². The summed E-state index contributed by atoms with van der Waals surface area (Å²) in [5.41, 5.74) is 3.54. The maximum Gasteiger partial charge on any atom is 0.227 e. The number of rotatable bonds is 10. The van der Waals surface area contributed by atoms with E-state index >= 15 is 0 Å². The topological polar surface area (TPSA) is 85.7 Å². The second kappa shape index (κ2) is 12.8. The van der Waals surface area contributed by atoms with E-state index in [9.17, 15) is 9.59 Å². The normalized spacial score (nSPS) is 17.7. The predicted octanol–water partition coefficient (Wildman–Crippen LogP) is 4.02. The van der Waals surface area contributed by atoms with Gasteiger partial charge in [-0.2, -0.15) is 5.10 Å². The first-order chi connectivity index (χ1) is 19.0. The Morgan fingerprint density at radius 3 is 2.62 bits per heavy atom. The Bertz CT molecular complexity index is 1280. The minimum absolute atomic E-state index is 0.172. The van der Waals surface area contributed by atoms with Crippen molar-refractivity contribution in [2.45, 2.75) is 43.5 Å². The van der Waals surface area contributed by atoms with Crippen LogP contribution in [0.25, 0.3) is 10.9 Å². The highest BCUT2D eigenvalue weighted by molar-refractivity contribution is 7.97. The fourth-order valence-electron chi connectivity index (χ4n) is 5.49. The van der Waals surface area contributed by atoms with Crippen molar-refractivity contribution in [1.29, 1.82) is 0 Å². The van der Waals surface area contributed by atoms with Crippen LogP contribution in [0.4, 0.5) is 11.5 Å². The van der Waals surface area contributed by atoms with Crippen molar-refractivity contribution in [1.82, 2.24) is 24.3 Å². The molecule has 1 aromatic heterocycles. The molecule has 2 amide bonds. The number of anilines is 2.